The number of benzene rings is 3. The van der Waals surface area contributed by atoms with E-state index in [9.17, 15) is 4.79 Å². The standard InChI is InChI=1S/C24H23NO5/c1-27-23-14-20(10-13-22(23)29-16-18-6-4-3-5-7-18)15-25-30-17-19-8-11-21(12-9-19)24(26)28-2/h3-15H,16-17H2,1-2H3/b25-15-. The van der Waals surface area contributed by atoms with Crippen molar-refractivity contribution in [3.8, 4) is 11.5 Å². The number of carbonyl (C=O) groups is 1. The Kier molecular flexibility index (Phi) is 7.44. The van der Waals surface area contributed by atoms with Crippen molar-refractivity contribution in [2.75, 3.05) is 14.2 Å². The number of hydrogen-bond acceptors (Lipinski definition) is 6. The first kappa shape index (κ1) is 20.9. The maximum Gasteiger partial charge on any atom is 0.337 e. The maximum absolute atomic E-state index is 11.4. The molecule has 0 saturated carbocycles. The third-order valence-electron chi connectivity index (χ3n) is 4.31. The van der Waals surface area contributed by atoms with Crippen LogP contribution in [0.25, 0.3) is 0 Å². The number of hydrogen-bond donors (Lipinski definition) is 0. The highest BCUT2D eigenvalue weighted by atomic mass is 16.6. The van der Waals surface area contributed by atoms with Gasteiger partial charge in [0.25, 0.3) is 0 Å². The fraction of sp³-hybridized carbons (Fsp3) is 0.167. The lowest BCUT2D eigenvalue weighted by molar-refractivity contribution is 0.0600. The molecule has 0 aliphatic heterocycles. The summed E-state index contributed by atoms with van der Waals surface area (Å²) in [6.45, 7) is 0.746. The van der Waals surface area contributed by atoms with Gasteiger partial charge in [0.1, 0.15) is 13.2 Å². The molecule has 6 heteroatoms. The lowest BCUT2D eigenvalue weighted by Crippen LogP contribution is -2.01. The van der Waals surface area contributed by atoms with Crippen LogP contribution in [-0.2, 0) is 22.8 Å². The summed E-state index contributed by atoms with van der Waals surface area (Å²) < 4.78 is 16.0. The highest BCUT2D eigenvalue weighted by molar-refractivity contribution is 5.89. The highest BCUT2D eigenvalue weighted by Crippen LogP contribution is 2.28. The van der Waals surface area contributed by atoms with Crippen LogP contribution in [0.2, 0.25) is 0 Å². The predicted octanol–water partition coefficient (Wildman–Crippen LogP) is 4.61. The second-order valence-electron chi connectivity index (χ2n) is 6.38. The zero-order valence-electron chi connectivity index (χ0n) is 16.9. The molecular weight excluding hydrogens is 382 g/mol. The summed E-state index contributed by atoms with van der Waals surface area (Å²) >= 11 is 0. The molecule has 3 aromatic rings. The fourth-order valence-corrected chi connectivity index (χ4v) is 2.68. The van der Waals surface area contributed by atoms with Crippen LogP contribution < -0.4 is 9.47 Å². The number of methoxy groups -OCH3 is 2. The average molecular weight is 405 g/mol. The molecule has 0 spiro atoms. The third-order valence-corrected chi connectivity index (χ3v) is 4.31. The molecule has 3 aromatic carbocycles. The van der Waals surface area contributed by atoms with E-state index < -0.39 is 0 Å². The molecule has 0 aliphatic carbocycles. The van der Waals surface area contributed by atoms with E-state index in [1.807, 2.05) is 48.5 Å². The second-order valence-corrected chi connectivity index (χ2v) is 6.38. The van der Waals surface area contributed by atoms with Gasteiger partial charge in [-0.15, -0.1) is 0 Å². The Morgan fingerprint density at radius 2 is 1.60 bits per heavy atom. The van der Waals surface area contributed by atoms with Gasteiger partial charge in [-0.05, 0) is 41.5 Å². The molecule has 30 heavy (non-hydrogen) atoms. The number of rotatable bonds is 9. The number of esters is 1. The van der Waals surface area contributed by atoms with Gasteiger partial charge in [0.05, 0.1) is 26.0 Å². The monoisotopic (exact) mass is 405 g/mol. The topological polar surface area (TPSA) is 66.4 Å². The Morgan fingerprint density at radius 3 is 2.30 bits per heavy atom. The molecule has 0 N–H and O–H groups in total. The molecule has 6 nitrogen and oxygen atoms in total. The minimum absolute atomic E-state index is 0.285. The molecule has 0 amide bonds. The molecule has 0 atom stereocenters. The van der Waals surface area contributed by atoms with Gasteiger partial charge in [-0.2, -0.15) is 0 Å². The summed E-state index contributed by atoms with van der Waals surface area (Å²) in [6.07, 6.45) is 1.60. The van der Waals surface area contributed by atoms with Crippen LogP contribution in [-0.4, -0.2) is 26.4 Å². The highest BCUT2D eigenvalue weighted by Gasteiger charge is 2.06. The molecule has 0 saturated heterocycles. The van der Waals surface area contributed by atoms with E-state index in [4.69, 9.17) is 14.3 Å². The zero-order valence-corrected chi connectivity index (χ0v) is 16.9. The first-order chi connectivity index (χ1) is 14.7. The molecule has 0 heterocycles. The number of carbonyl (C=O) groups excluding carboxylic acids is 1. The van der Waals surface area contributed by atoms with Gasteiger partial charge in [-0.25, -0.2) is 4.79 Å². The van der Waals surface area contributed by atoms with Crippen LogP contribution in [0.4, 0.5) is 0 Å². The van der Waals surface area contributed by atoms with Crippen molar-refractivity contribution in [3.63, 3.8) is 0 Å². The van der Waals surface area contributed by atoms with Crippen LogP contribution in [0.5, 0.6) is 11.5 Å². The van der Waals surface area contributed by atoms with E-state index in [1.165, 1.54) is 7.11 Å². The fourth-order valence-electron chi connectivity index (χ4n) is 2.68. The molecule has 3 rings (SSSR count). The normalized spacial score (nSPS) is 10.6. The van der Waals surface area contributed by atoms with Crippen molar-refractivity contribution < 1.29 is 23.8 Å². The molecule has 0 aliphatic rings. The number of ether oxygens (including phenoxy) is 3. The molecule has 154 valence electrons. The van der Waals surface area contributed by atoms with E-state index in [2.05, 4.69) is 9.89 Å². The largest absolute Gasteiger partial charge is 0.493 e. The van der Waals surface area contributed by atoms with Crippen molar-refractivity contribution in [2.24, 2.45) is 5.16 Å². The quantitative estimate of drug-likeness (QED) is 0.295. The first-order valence-electron chi connectivity index (χ1n) is 9.37. The summed E-state index contributed by atoms with van der Waals surface area (Å²) in [5.41, 5.74) is 3.28. The van der Waals surface area contributed by atoms with E-state index in [1.54, 1.807) is 37.6 Å². The van der Waals surface area contributed by atoms with Crippen LogP contribution in [0, 0.1) is 0 Å². The van der Waals surface area contributed by atoms with Crippen molar-refractivity contribution in [1.29, 1.82) is 0 Å². The maximum atomic E-state index is 11.4. The number of oxime groups is 1. The number of nitrogens with zero attached hydrogens (tertiary/aromatic N) is 1. The van der Waals surface area contributed by atoms with Crippen molar-refractivity contribution in [3.05, 3.63) is 95.1 Å². The lowest BCUT2D eigenvalue weighted by Gasteiger charge is -2.11. The Balaban J connectivity index is 1.54. The minimum Gasteiger partial charge on any atom is -0.493 e. The van der Waals surface area contributed by atoms with Gasteiger partial charge in [0.15, 0.2) is 11.5 Å². The zero-order chi connectivity index (χ0) is 21.2. The summed E-state index contributed by atoms with van der Waals surface area (Å²) in [5, 5.41) is 4.00. The van der Waals surface area contributed by atoms with E-state index in [0.29, 0.717) is 23.7 Å². The third kappa shape index (κ3) is 5.85. The summed E-state index contributed by atoms with van der Waals surface area (Å²) in [7, 11) is 2.95. The SMILES string of the molecule is COC(=O)c1ccc(CO/N=C\c2ccc(OCc3ccccc3)c(OC)c2)cc1. The first-order valence-corrected chi connectivity index (χ1v) is 9.37. The Hall–Kier alpha value is -3.80. The molecule has 0 fully saturated rings. The Morgan fingerprint density at radius 1 is 0.867 bits per heavy atom. The Bertz CT molecular complexity index is 984. The van der Waals surface area contributed by atoms with Crippen LogP contribution in [0.1, 0.15) is 27.0 Å². The van der Waals surface area contributed by atoms with Crippen LogP contribution in [0.15, 0.2) is 78.0 Å². The average Bonchev–Trinajstić information content (AvgIpc) is 2.81. The molecule has 0 unspecified atom stereocenters. The van der Waals surface area contributed by atoms with Gasteiger partial charge >= 0.3 is 5.97 Å². The molecular formula is C24H23NO5. The van der Waals surface area contributed by atoms with Gasteiger partial charge in [0.2, 0.25) is 0 Å². The van der Waals surface area contributed by atoms with E-state index in [0.717, 1.165) is 16.7 Å². The van der Waals surface area contributed by atoms with Crippen LogP contribution >= 0.6 is 0 Å². The predicted molar refractivity (Wildman–Crippen MR) is 114 cm³/mol. The lowest BCUT2D eigenvalue weighted by atomic mass is 10.1. The summed E-state index contributed by atoms with van der Waals surface area (Å²) in [4.78, 5) is 16.8. The van der Waals surface area contributed by atoms with Crippen molar-refractivity contribution in [1.82, 2.24) is 0 Å². The summed E-state index contributed by atoms with van der Waals surface area (Å²) in [5.74, 6) is 0.907. The van der Waals surface area contributed by atoms with Gasteiger partial charge in [-0.1, -0.05) is 47.6 Å². The van der Waals surface area contributed by atoms with Crippen molar-refractivity contribution >= 4 is 12.2 Å². The smallest absolute Gasteiger partial charge is 0.337 e. The van der Waals surface area contributed by atoms with Crippen molar-refractivity contribution in [2.45, 2.75) is 13.2 Å². The molecule has 0 bridgehead atoms. The van der Waals surface area contributed by atoms with Gasteiger partial charge in [-0.3, -0.25) is 0 Å². The van der Waals surface area contributed by atoms with E-state index >= 15 is 0 Å². The molecule has 0 aromatic heterocycles. The Labute approximate surface area is 175 Å². The van der Waals surface area contributed by atoms with E-state index in [-0.39, 0.29) is 12.6 Å². The van der Waals surface area contributed by atoms with Gasteiger partial charge < -0.3 is 19.0 Å². The summed E-state index contributed by atoms with van der Waals surface area (Å²) in [6, 6.07) is 22.5. The second kappa shape index (κ2) is 10.7. The van der Waals surface area contributed by atoms with Crippen LogP contribution in [0.3, 0.4) is 0 Å². The minimum atomic E-state index is -0.370. The molecule has 0 radical (unpaired) electrons. The van der Waals surface area contributed by atoms with Gasteiger partial charge in [0, 0.05) is 5.56 Å².